The minimum atomic E-state index is -0.642. The van der Waals surface area contributed by atoms with E-state index in [0.29, 0.717) is 46.5 Å². The molecule has 0 unspecified atom stereocenters. The number of hydrogen-bond donors (Lipinski definition) is 3. The zero-order valence-electron chi connectivity index (χ0n) is 50.2. The highest BCUT2D eigenvalue weighted by atomic mass is 16.3. The van der Waals surface area contributed by atoms with Crippen LogP contribution in [0.3, 0.4) is 0 Å². The van der Waals surface area contributed by atoms with E-state index in [0.717, 1.165) is 121 Å². The van der Waals surface area contributed by atoms with E-state index in [2.05, 4.69) is 150 Å². The van der Waals surface area contributed by atoms with Crippen LogP contribution in [0.5, 0.6) is 0 Å². The van der Waals surface area contributed by atoms with Crippen molar-refractivity contribution in [3.8, 4) is 0 Å². The van der Waals surface area contributed by atoms with Crippen LogP contribution in [-0.2, 0) is 36.0 Å². The number of anilines is 1. The van der Waals surface area contributed by atoms with E-state index in [9.17, 15) is 29.7 Å². The molecule has 0 amide bonds. The number of nitrogens with zero attached hydrogens (tertiary/aromatic N) is 4. The van der Waals surface area contributed by atoms with Gasteiger partial charge in [0.05, 0.1) is 49.7 Å². The monoisotopic (exact) mass is 1100 g/mol. The summed E-state index contributed by atoms with van der Waals surface area (Å²) in [5.41, 5.74) is 13.3. The Morgan fingerprint density at radius 3 is 1.28 bits per heavy atom. The van der Waals surface area contributed by atoms with Crippen LogP contribution in [-0.4, -0.2) is 89.7 Å². The summed E-state index contributed by atoms with van der Waals surface area (Å²) < 4.78 is 6.86. The van der Waals surface area contributed by atoms with Gasteiger partial charge in [-0.2, -0.15) is 13.7 Å². The summed E-state index contributed by atoms with van der Waals surface area (Å²) in [6.45, 7) is 28.8. The Hall–Kier alpha value is -7.72. The molecule has 3 N–H and O–H groups in total. The Labute approximate surface area is 484 Å². The highest BCUT2D eigenvalue weighted by molar-refractivity contribution is 6.41. The van der Waals surface area contributed by atoms with Crippen LogP contribution in [0, 0.1) is 0 Å². The van der Waals surface area contributed by atoms with E-state index >= 15 is 0 Å². The van der Waals surface area contributed by atoms with Gasteiger partial charge in [-0.05, 0) is 95.0 Å². The van der Waals surface area contributed by atoms with Gasteiger partial charge >= 0.3 is 0 Å². The highest BCUT2D eigenvalue weighted by Gasteiger charge is 2.51. The first-order valence-corrected chi connectivity index (χ1v) is 30.1. The number of fused-ring (bicyclic) bond motifs is 4. The molecule has 7 aliphatic rings. The molecule has 4 aromatic rings. The number of aliphatic hydroxyl groups is 3. The SMILES string of the molecule is CCCCN1/C(=C/C2=C(O)C(=C\C3=[N+](CCCC)c4ccc(C5=C(O)/C(=C/C6=[N+](CCCC)c7ccccc7C6(C)C)C5=O)cc4C3(C)C)/C2=O)C(C)(C)c2cc(C3=C(O)/C(=C/C4=[N+](CCCC)c5ccccc5C4(C)C)C3=O)ccc21. The van der Waals surface area contributed by atoms with Crippen molar-refractivity contribution < 1.29 is 43.4 Å². The minimum absolute atomic E-state index is 0.000383. The summed E-state index contributed by atoms with van der Waals surface area (Å²) in [4.78, 5) is 45.4. The van der Waals surface area contributed by atoms with Crippen molar-refractivity contribution in [1.29, 1.82) is 0 Å². The predicted octanol–water partition coefficient (Wildman–Crippen LogP) is 15.0. The molecule has 0 bridgehead atoms. The van der Waals surface area contributed by atoms with Crippen molar-refractivity contribution in [2.75, 3.05) is 31.1 Å². The average Bonchev–Trinajstić information content (AvgIpc) is 3.78. The van der Waals surface area contributed by atoms with E-state index in [1.165, 1.54) is 11.1 Å². The van der Waals surface area contributed by atoms with E-state index in [1.807, 2.05) is 60.7 Å². The molecule has 4 heterocycles. The van der Waals surface area contributed by atoms with Gasteiger partial charge in [-0.25, -0.2) is 0 Å². The van der Waals surface area contributed by atoms with Crippen LogP contribution in [0.15, 0.2) is 155 Å². The first kappa shape index (κ1) is 56.2. The molecule has 82 heavy (non-hydrogen) atoms. The number of allylic oxidation sites excluding steroid dienone is 11. The summed E-state index contributed by atoms with van der Waals surface area (Å²) in [6, 6.07) is 28.7. The molecule has 4 aliphatic heterocycles. The number of benzene rings is 4. The zero-order chi connectivity index (χ0) is 58.5. The summed E-state index contributed by atoms with van der Waals surface area (Å²) in [6.07, 6.45) is 15.2. The number of carbonyl (C=O) groups is 3. The third kappa shape index (κ3) is 8.47. The fourth-order valence-electron chi connectivity index (χ4n) is 13.9. The van der Waals surface area contributed by atoms with Gasteiger partial charge in [-0.1, -0.05) is 110 Å². The molecule has 0 saturated carbocycles. The topological polar surface area (TPSA) is 124 Å². The molecule has 11 rings (SSSR count). The van der Waals surface area contributed by atoms with Gasteiger partial charge in [0, 0.05) is 95.7 Å². The lowest BCUT2D eigenvalue weighted by Gasteiger charge is -2.29. The Morgan fingerprint density at radius 1 is 0.439 bits per heavy atom. The lowest BCUT2D eigenvalue weighted by atomic mass is 9.75. The van der Waals surface area contributed by atoms with Crippen molar-refractivity contribution >= 4 is 68.4 Å². The Kier molecular flexibility index (Phi) is 14.1. The average molecular weight is 1100 g/mol. The number of Topliss-reactive ketones (excluding diaryl/α,β-unsaturated/α-hetero) is 3. The normalized spacial score (nSPS) is 21.9. The molecule has 3 aliphatic carbocycles. The maximum atomic E-state index is 14.6. The number of hydrogen-bond acceptors (Lipinski definition) is 7. The molecule has 0 atom stereocenters. The predicted molar refractivity (Wildman–Crippen MR) is 330 cm³/mol. The van der Waals surface area contributed by atoms with Gasteiger partial charge in [0.25, 0.3) is 0 Å². The second kappa shape index (κ2) is 20.6. The third-order valence-electron chi connectivity index (χ3n) is 19.0. The number of para-hydroxylation sites is 2. The van der Waals surface area contributed by atoms with Crippen LogP contribution < -0.4 is 4.90 Å². The van der Waals surface area contributed by atoms with E-state index in [1.54, 1.807) is 0 Å². The molecule has 10 heteroatoms. The van der Waals surface area contributed by atoms with Crippen molar-refractivity contribution in [2.45, 2.75) is 156 Å². The molecule has 0 spiro atoms. The molecule has 0 radical (unpaired) electrons. The van der Waals surface area contributed by atoms with Crippen LogP contribution in [0.25, 0.3) is 11.1 Å². The van der Waals surface area contributed by atoms with Gasteiger partial charge < -0.3 is 20.2 Å². The van der Waals surface area contributed by atoms with Crippen LogP contribution >= 0.6 is 0 Å². The summed E-state index contributed by atoms with van der Waals surface area (Å²) in [5.74, 6) is -0.677. The number of ketones is 3. The van der Waals surface area contributed by atoms with E-state index < -0.39 is 10.8 Å². The number of aliphatic hydroxyl groups excluding tert-OH is 3. The lowest BCUT2D eigenvalue weighted by molar-refractivity contribution is -0.438. The second-order valence-corrected chi connectivity index (χ2v) is 25.6. The number of carbonyl (C=O) groups excluding carboxylic acids is 3. The minimum Gasteiger partial charge on any atom is -0.506 e. The molecular weight excluding hydrogens is 1020 g/mol. The first-order chi connectivity index (χ1) is 39.1. The molecule has 10 nitrogen and oxygen atoms in total. The Bertz CT molecular complexity index is 3830. The van der Waals surface area contributed by atoms with E-state index in [-0.39, 0.29) is 56.6 Å². The molecule has 0 aromatic heterocycles. The van der Waals surface area contributed by atoms with Crippen molar-refractivity contribution in [3.63, 3.8) is 0 Å². The fraction of sp³-hybridized carbons (Fsp3) is 0.389. The third-order valence-corrected chi connectivity index (χ3v) is 19.0. The Balaban J connectivity index is 0.898. The first-order valence-electron chi connectivity index (χ1n) is 30.1. The van der Waals surface area contributed by atoms with Crippen LogP contribution in [0.2, 0.25) is 0 Å². The van der Waals surface area contributed by atoms with Gasteiger partial charge in [-0.15, -0.1) is 0 Å². The summed E-state index contributed by atoms with van der Waals surface area (Å²) >= 11 is 0. The maximum absolute atomic E-state index is 14.6. The highest BCUT2D eigenvalue weighted by Crippen LogP contribution is 2.52. The number of rotatable bonds is 18. The summed E-state index contributed by atoms with van der Waals surface area (Å²) in [7, 11) is 0. The van der Waals surface area contributed by atoms with Crippen molar-refractivity contribution in [2.24, 2.45) is 0 Å². The zero-order valence-corrected chi connectivity index (χ0v) is 50.2. The smallest absolute Gasteiger partial charge is 0.209 e. The largest absolute Gasteiger partial charge is 0.506 e. The maximum Gasteiger partial charge on any atom is 0.209 e. The van der Waals surface area contributed by atoms with E-state index in [4.69, 9.17) is 0 Å². The van der Waals surface area contributed by atoms with Crippen LogP contribution in [0.4, 0.5) is 22.7 Å². The van der Waals surface area contributed by atoms with Crippen molar-refractivity contribution in [1.82, 2.24) is 0 Å². The Morgan fingerprint density at radius 2 is 0.841 bits per heavy atom. The van der Waals surface area contributed by atoms with Gasteiger partial charge in [-0.3, -0.25) is 14.4 Å². The summed E-state index contributed by atoms with van der Waals surface area (Å²) in [5, 5.41) is 35.6. The van der Waals surface area contributed by atoms with Gasteiger partial charge in [0.1, 0.15) is 36.9 Å². The molecular formula is C72H81N4O6+3. The van der Waals surface area contributed by atoms with Crippen LogP contribution in [0.1, 0.15) is 168 Å². The quantitative estimate of drug-likeness (QED) is 0.0670. The molecule has 0 fully saturated rings. The fourth-order valence-corrected chi connectivity index (χ4v) is 13.9. The lowest BCUT2D eigenvalue weighted by Crippen LogP contribution is -2.32. The van der Waals surface area contributed by atoms with Gasteiger partial charge in [0.2, 0.25) is 34.4 Å². The standard InChI is InChI=1S/C72H78N4O6/c1-13-17-33-73-53-27-23-21-25-49(53)69(5,6)57(73)41-47-65(79)61(66(47)80)43-29-31-55-51(37-43)71(9,10)59(75(55)35-19-15-3)39-45-63(77)46(64(45)78)40-60-72(11,12)52-38-44(30-32-56(52)76(60)36-20-16-4)62-67(81)48(68(62)82)42-58-70(7,8)50-26-22-24-28-54(50)74(58)34-18-14-2/h21-32,37-42H,13-20,33-36H2,1-12H3/p+3. The molecule has 422 valence electrons. The van der Waals surface area contributed by atoms with Gasteiger partial charge in [0.15, 0.2) is 17.1 Å². The second-order valence-electron chi connectivity index (χ2n) is 25.6. The number of unbranched alkanes of at least 4 members (excludes halogenated alkanes) is 4. The molecule has 4 aromatic carbocycles. The van der Waals surface area contributed by atoms with Crippen molar-refractivity contribution in [3.05, 3.63) is 188 Å². The molecule has 0 saturated heterocycles.